The second-order valence-corrected chi connectivity index (χ2v) is 8.74. The summed E-state index contributed by atoms with van der Waals surface area (Å²) in [6, 6.07) is 14.5. The van der Waals surface area contributed by atoms with Gasteiger partial charge in [-0.05, 0) is 48.5 Å². The smallest absolute Gasteiger partial charge is 0.250 e. The number of amides is 1. The monoisotopic (exact) mass is 538 g/mol. The number of thioether (sulfide) groups is 1. The van der Waals surface area contributed by atoms with E-state index in [1.165, 1.54) is 39.3 Å². The normalized spacial score (nSPS) is 10.9. The Kier molecular flexibility index (Phi) is 8.60. The van der Waals surface area contributed by atoms with E-state index in [0.29, 0.717) is 38.8 Å². The second kappa shape index (κ2) is 12.2. The number of ether oxygens (including phenoxy) is 3. The summed E-state index contributed by atoms with van der Waals surface area (Å²) in [4.78, 5) is 16.6. The van der Waals surface area contributed by atoms with Gasteiger partial charge in [-0.25, -0.2) is 5.43 Å². The van der Waals surface area contributed by atoms with E-state index in [4.69, 9.17) is 25.8 Å². The molecule has 0 aliphatic carbocycles. The average molecular weight is 539 g/mol. The number of halogens is 1. The molecule has 0 atom stereocenters. The predicted molar refractivity (Wildman–Crippen MR) is 142 cm³/mol. The number of nitrogens with one attached hydrogen (secondary N) is 1. The fourth-order valence-electron chi connectivity index (χ4n) is 3.44. The van der Waals surface area contributed by atoms with Crippen LogP contribution in [0.25, 0.3) is 17.1 Å². The van der Waals surface area contributed by atoms with Gasteiger partial charge in [-0.15, -0.1) is 10.2 Å². The lowest BCUT2D eigenvalue weighted by Gasteiger charge is -2.13. The maximum absolute atomic E-state index is 12.5. The lowest BCUT2D eigenvalue weighted by molar-refractivity contribution is -0.118. The molecule has 0 spiro atoms. The van der Waals surface area contributed by atoms with Gasteiger partial charge in [0.25, 0.3) is 5.91 Å². The summed E-state index contributed by atoms with van der Waals surface area (Å²) in [7, 11) is 4.57. The fraction of sp³-hybridized carbons (Fsp3) is 0.160. The van der Waals surface area contributed by atoms with E-state index in [1.807, 2.05) is 28.8 Å². The number of carbonyl (C=O) groups is 1. The highest BCUT2D eigenvalue weighted by molar-refractivity contribution is 7.99. The van der Waals surface area contributed by atoms with E-state index >= 15 is 0 Å². The van der Waals surface area contributed by atoms with Gasteiger partial charge in [0.05, 0.1) is 33.3 Å². The zero-order chi connectivity index (χ0) is 26.2. The predicted octanol–water partition coefficient (Wildman–Crippen LogP) is 4.25. The molecule has 0 aliphatic heterocycles. The standard InChI is InChI=1S/C25H23ClN6O4S/c1-34-20-9-4-17(22(35-2)23(20)36-3)14-28-29-21(33)15-37-25-31-30-24(16-10-12-27-13-11-16)32(25)19-7-5-18(26)6-8-19/h4-14H,15H2,1-3H3,(H,29,33). The molecule has 0 fully saturated rings. The summed E-state index contributed by atoms with van der Waals surface area (Å²) >= 11 is 7.30. The number of pyridine rings is 1. The summed E-state index contributed by atoms with van der Waals surface area (Å²) in [6.45, 7) is 0. The maximum atomic E-state index is 12.5. The number of hydrogen-bond acceptors (Lipinski definition) is 9. The lowest BCUT2D eigenvalue weighted by Crippen LogP contribution is -2.20. The molecule has 2 aromatic heterocycles. The summed E-state index contributed by atoms with van der Waals surface area (Å²) in [5.74, 6) is 1.75. The molecule has 1 amide bonds. The molecule has 2 heterocycles. The number of methoxy groups -OCH3 is 3. The zero-order valence-corrected chi connectivity index (χ0v) is 21.8. The minimum atomic E-state index is -0.322. The summed E-state index contributed by atoms with van der Waals surface area (Å²) in [5.41, 5.74) is 4.78. The Bertz CT molecular complexity index is 1400. The van der Waals surface area contributed by atoms with Gasteiger partial charge < -0.3 is 14.2 Å². The lowest BCUT2D eigenvalue weighted by atomic mass is 10.2. The van der Waals surface area contributed by atoms with Crippen molar-refractivity contribution in [2.45, 2.75) is 5.16 Å². The molecule has 0 unspecified atom stereocenters. The van der Waals surface area contributed by atoms with Crippen molar-refractivity contribution in [3.05, 3.63) is 71.5 Å². The van der Waals surface area contributed by atoms with Crippen molar-refractivity contribution < 1.29 is 19.0 Å². The van der Waals surface area contributed by atoms with E-state index in [1.54, 1.807) is 36.7 Å². The molecule has 4 aromatic rings. The number of benzene rings is 2. The number of hydrazone groups is 1. The summed E-state index contributed by atoms with van der Waals surface area (Å²) in [6.07, 6.45) is 4.84. The van der Waals surface area contributed by atoms with Gasteiger partial charge in [0.15, 0.2) is 22.5 Å². The molecule has 0 saturated carbocycles. The van der Waals surface area contributed by atoms with Crippen LogP contribution in [-0.4, -0.2) is 59.0 Å². The van der Waals surface area contributed by atoms with Gasteiger partial charge >= 0.3 is 0 Å². The average Bonchev–Trinajstić information content (AvgIpc) is 3.36. The largest absolute Gasteiger partial charge is 0.493 e. The van der Waals surface area contributed by atoms with Crippen molar-refractivity contribution in [3.8, 4) is 34.3 Å². The molecule has 2 aromatic carbocycles. The van der Waals surface area contributed by atoms with E-state index in [9.17, 15) is 4.79 Å². The molecule has 190 valence electrons. The third-order valence-corrected chi connectivity index (χ3v) is 6.30. The van der Waals surface area contributed by atoms with Crippen LogP contribution in [0.15, 0.2) is 71.2 Å². The van der Waals surface area contributed by atoms with Crippen molar-refractivity contribution in [3.63, 3.8) is 0 Å². The Balaban J connectivity index is 1.49. The Morgan fingerprint density at radius 3 is 2.41 bits per heavy atom. The highest BCUT2D eigenvalue weighted by Crippen LogP contribution is 2.39. The minimum absolute atomic E-state index is 0.0580. The van der Waals surface area contributed by atoms with E-state index in [0.717, 1.165) is 11.3 Å². The molecular weight excluding hydrogens is 516 g/mol. The molecule has 12 heteroatoms. The Morgan fingerprint density at radius 1 is 1.00 bits per heavy atom. The van der Waals surface area contributed by atoms with Crippen LogP contribution in [0.5, 0.6) is 17.2 Å². The van der Waals surface area contributed by atoms with Gasteiger partial charge in [0.1, 0.15) is 0 Å². The molecule has 0 saturated heterocycles. The van der Waals surface area contributed by atoms with Gasteiger partial charge in [-0.2, -0.15) is 5.10 Å². The van der Waals surface area contributed by atoms with E-state index < -0.39 is 0 Å². The number of rotatable bonds is 10. The van der Waals surface area contributed by atoms with Crippen LogP contribution in [0.2, 0.25) is 5.02 Å². The molecular formula is C25H23ClN6O4S. The van der Waals surface area contributed by atoms with Crippen molar-refractivity contribution >= 4 is 35.5 Å². The van der Waals surface area contributed by atoms with Gasteiger partial charge in [-0.1, -0.05) is 23.4 Å². The molecule has 0 aliphatic rings. The quantitative estimate of drug-likeness (QED) is 0.181. The molecule has 37 heavy (non-hydrogen) atoms. The van der Waals surface area contributed by atoms with Crippen molar-refractivity contribution in [1.82, 2.24) is 25.2 Å². The molecule has 1 N–H and O–H groups in total. The van der Waals surface area contributed by atoms with Crippen LogP contribution < -0.4 is 19.6 Å². The summed E-state index contributed by atoms with van der Waals surface area (Å²) in [5, 5.41) is 13.9. The zero-order valence-electron chi connectivity index (χ0n) is 20.2. The SMILES string of the molecule is COc1ccc(C=NNC(=O)CSc2nnc(-c3ccncc3)n2-c2ccc(Cl)cc2)c(OC)c1OC. The number of hydrogen-bond donors (Lipinski definition) is 1. The third kappa shape index (κ3) is 6.01. The number of aromatic nitrogens is 4. The highest BCUT2D eigenvalue weighted by Gasteiger charge is 2.18. The first-order valence-electron chi connectivity index (χ1n) is 10.9. The van der Waals surface area contributed by atoms with Crippen LogP contribution >= 0.6 is 23.4 Å². The van der Waals surface area contributed by atoms with Crippen LogP contribution in [0.3, 0.4) is 0 Å². The van der Waals surface area contributed by atoms with E-state index in [2.05, 4.69) is 25.7 Å². The van der Waals surface area contributed by atoms with Crippen molar-refractivity contribution in [1.29, 1.82) is 0 Å². The molecule has 0 bridgehead atoms. The van der Waals surface area contributed by atoms with Crippen molar-refractivity contribution in [2.24, 2.45) is 5.10 Å². The molecule has 4 rings (SSSR count). The van der Waals surface area contributed by atoms with Gasteiger partial charge in [0, 0.05) is 34.2 Å². The van der Waals surface area contributed by atoms with Crippen LogP contribution in [0, 0.1) is 0 Å². The van der Waals surface area contributed by atoms with Crippen molar-refractivity contribution in [2.75, 3.05) is 27.1 Å². The first kappa shape index (κ1) is 26.0. The fourth-order valence-corrected chi connectivity index (χ4v) is 4.31. The van der Waals surface area contributed by atoms with Crippen LogP contribution in [0.1, 0.15) is 5.56 Å². The van der Waals surface area contributed by atoms with Gasteiger partial charge in [0.2, 0.25) is 5.75 Å². The minimum Gasteiger partial charge on any atom is -0.493 e. The Hall–Kier alpha value is -4.09. The first-order valence-corrected chi connectivity index (χ1v) is 12.3. The Morgan fingerprint density at radius 2 is 1.73 bits per heavy atom. The number of carbonyl (C=O) groups excluding carboxylic acids is 1. The van der Waals surface area contributed by atoms with Crippen LogP contribution in [0.4, 0.5) is 0 Å². The molecule has 10 nitrogen and oxygen atoms in total. The summed E-state index contributed by atoms with van der Waals surface area (Å²) < 4.78 is 18.0. The third-order valence-electron chi connectivity index (χ3n) is 5.12. The number of nitrogens with zero attached hydrogens (tertiary/aromatic N) is 5. The first-order chi connectivity index (χ1) is 18.0. The molecule has 0 radical (unpaired) electrons. The van der Waals surface area contributed by atoms with Gasteiger partial charge in [-0.3, -0.25) is 14.3 Å². The Labute approximate surface area is 222 Å². The van der Waals surface area contributed by atoms with E-state index in [-0.39, 0.29) is 11.7 Å². The van der Waals surface area contributed by atoms with Crippen LogP contribution in [-0.2, 0) is 4.79 Å². The maximum Gasteiger partial charge on any atom is 0.250 e. The highest BCUT2D eigenvalue weighted by atomic mass is 35.5. The topological polar surface area (TPSA) is 113 Å². The second-order valence-electron chi connectivity index (χ2n) is 7.36.